The molecule has 1 N–H and O–H groups in total. The highest BCUT2D eigenvalue weighted by Crippen LogP contribution is 2.35. The molecule has 1 unspecified atom stereocenters. The summed E-state index contributed by atoms with van der Waals surface area (Å²) in [5.41, 5.74) is 3.88. The summed E-state index contributed by atoms with van der Waals surface area (Å²) in [5, 5.41) is 4.39. The highest BCUT2D eigenvalue weighted by molar-refractivity contribution is 7.71. The molecule has 8 heteroatoms. The van der Waals surface area contributed by atoms with Crippen LogP contribution in [0.3, 0.4) is 0 Å². The molecule has 0 saturated heterocycles. The van der Waals surface area contributed by atoms with Crippen LogP contribution in [-0.4, -0.2) is 26.8 Å². The van der Waals surface area contributed by atoms with Gasteiger partial charge in [-0.05, 0) is 54.9 Å². The lowest BCUT2D eigenvalue weighted by Gasteiger charge is -2.15. The summed E-state index contributed by atoms with van der Waals surface area (Å²) in [7, 11) is 1.63. The zero-order valence-corrected chi connectivity index (χ0v) is 18.0. The molecule has 150 valence electrons. The molecule has 3 aromatic heterocycles. The van der Waals surface area contributed by atoms with E-state index in [1.54, 1.807) is 7.11 Å². The Morgan fingerprint density at radius 3 is 2.79 bits per heavy atom. The van der Waals surface area contributed by atoms with Gasteiger partial charge in [0.1, 0.15) is 11.4 Å². The van der Waals surface area contributed by atoms with E-state index in [-0.39, 0.29) is 4.84 Å². The molecule has 0 bridgehead atoms. The van der Waals surface area contributed by atoms with Gasteiger partial charge in [0.25, 0.3) is 0 Å². The van der Waals surface area contributed by atoms with Gasteiger partial charge < -0.3 is 13.8 Å². The number of H-pyrrole nitrogens is 1. The molecule has 4 rings (SSSR count). The number of aromatic amines is 1. The summed E-state index contributed by atoms with van der Waals surface area (Å²) in [6.45, 7) is 5.02. The molecule has 0 amide bonds. The molecular formula is C21H21ClN4O2S. The van der Waals surface area contributed by atoms with Crippen LogP contribution in [0.4, 0.5) is 0 Å². The largest absolute Gasteiger partial charge is 0.495 e. The first-order valence-corrected chi connectivity index (χ1v) is 10.2. The van der Waals surface area contributed by atoms with E-state index in [0.29, 0.717) is 34.8 Å². The van der Waals surface area contributed by atoms with Crippen molar-refractivity contribution in [2.45, 2.75) is 32.7 Å². The molecule has 6 nitrogen and oxygen atoms in total. The van der Waals surface area contributed by atoms with Gasteiger partial charge in [-0.25, -0.2) is 4.98 Å². The SMILES string of the molecule is CCC(C)c1cc2cc(OC)c(Cl)cc2n1Cc1cccc(-c2nc(=S)o[nH]2)n1. The summed E-state index contributed by atoms with van der Waals surface area (Å²) >= 11 is 11.4. The predicted molar refractivity (Wildman–Crippen MR) is 116 cm³/mol. The maximum atomic E-state index is 6.42. The van der Waals surface area contributed by atoms with E-state index in [9.17, 15) is 0 Å². The summed E-state index contributed by atoms with van der Waals surface area (Å²) in [5.74, 6) is 1.58. The van der Waals surface area contributed by atoms with Gasteiger partial charge in [0.05, 0.1) is 29.9 Å². The second kappa shape index (κ2) is 8.00. The Morgan fingerprint density at radius 2 is 2.10 bits per heavy atom. The Hall–Kier alpha value is -2.64. The lowest BCUT2D eigenvalue weighted by atomic mass is 10.0. The minimum absolute atomic E-state index is 0.159. The summed E-state index contributed by atoms with van der Waals surface area (Å²) in [6.07, 6.45) is 1.03. The van der Waals surface area contributed by atoms with Crippen molar-refractivity contribution in [3.05, 3.63) is 57.6 Å². The lowest BCUT2D eigenvalue weighted by Crippen LogP contribution is -2.08. The first kappa shape index (κ1) is 19.7. The van der Waals surface area contributed by atoms with E-state index in [2.05, 4.69) is 34.6 Å². The molecular weight excluding hydrogens is 408 g/mol. The zero-order chi connectivity index (χ0) is 20.5. The fourth-order valence-corrected chi connectivity index (χ4v) is 3.80. The topological polar surface area (TPSA) is 68.9 Å². The Balaban J connectivity index is 1.81. The average Bonchev–Trinajstić information content (AvgIpc) is 3.31. The van der Waals surface area contributed by atoms with Crippen molar-refractivity contribution in [2.75, 3.05) is 7.11 Å². The number of rotatable bonds is 6. The van der Waals surface area contributed by atoms with Crippen LogP contribution < -0.4 is 4.74 Å². The zero-order valence-electron chi connectivity index (χ0n) is 16.4. The standard InChI is InChI=1S/C21H21ClN4O2S/c1-4-12(2)17-8-13-9-19(27-3)15(22)10-18(13)26(17)11-14-6-5-7-16(23-14)20-24-21(29)28-25-20/h5-10,12H,4,11H2,1-3H3,(H,24,25,29). The molecule has 4 aromatic rings. The highest BCUT2D eigenvalue weighted by atomic mass is 35.5. The Labute approximate surface area is 178 Å². The smallest absolute Gasteiger partial charge is 0.314 e. The van der Waals surface area contributed by atoms with Crippen molar-refractivity contribution in [2.24, 2.45) is 0 Å². The number of fused-ring (bicyclic) bond motifs is 1. The van der Waals surface area contributed by atoms with Crippen LogP contribution in [0.2, 0.25) is 5.02 Å². The van der Waals surface area contributed by atoms with Crippen molar-refractivity contribution in [3.8, 4) is 17.3 Å². The Morgan fingerprint density at radius 1 is 1.28 bits per heavy atom. The van der Waals surface area contributed by atoms with E-state index in [1.165, 1.54) is 5.69 Å². The summed E-state index contributed by atoms with van der Waals surface area (Å²) in [4.78, 5) is 9.05. The van der Waals surface area contributed by atoms with Crippen LogP contribution in [-0.2, 0) is 6.54 Å². The predicted octanol–water partition coefficient (Wildman–Crippen LogP) is 5.97. The number of pyridine rings is 1. The van der Waals surface area contributed by atoms with Gasteiger partial charge in [-0.3, -0.25) is 0 Å². The van der Waals surface area contributed by atoms with E-state index < -0.39 is 0 Å². The van der Waals surface area contributed by atoms with Crippen LogP contribution >= 0.6 is 23.8 Å². The number of nitrogens with one attached hydrogen (secondary N) is 1. The molecule has 29 heavy (non-hydrogen) atoms. The number of hydrogen-bond donors (Lipinski definition) is 1. The molecule has 0 radical (unpaired) electrons. The first-order chi connectivity index (χ1) is 14.0. The van der Waals surface area contributed by atoms with Gasteiger partial charge in [-0.1, -0.05) is 31.5 Å². The quantitative estimate of drug-likeness (QED) is 0.383. The normalized spacial score (nSPS) is 12.4. The fourth-order valence-electron chi connectivity index (χ4n) is 3.43. The molecule has 1 atom stereocenters. The summed E-state index contributed by atoms with van der Waals surface area (Å²) < 4.78 is 12.7. The van der Waals surface area contributed by atoms with Gasteiger partial charge in [0.2, 0.25) is 0 Å². The van der Waals surface area contributed by atoms with Crippen LogP contribution in [0, 0.1) is 4.84 Å². The third-order valence-electron chi connectivity index (χ3n) is 5.13. The second-order valence-electron chi connectivity index (χ2n) is 6.95. The van der Waals surface area contributed by atoms with E-state index in [0.717, 1.165) is 23.0 Å². The third-order valence-corrected chi connectivity index (χ3v) is 5.60. The monoisotopic (exact) mass is 428 g/mol. The Bertz CT molecular complexity index is 1230. The number of nitrogens with zero attached hydrogens (tertiary/aromatic N) is 3. The fraction of sp³-hybridized carbons (Fsp3) is 0.286. The maximum absolute atomic E-state index is 6.42. The number of hydrogen-bond acceptors (Lipinski definition) is 5. The lowest BCUT2D eigenvalue weighted by molar-refractivity contribution is 0.406. The number of aromatic nitrogens is 4. The van der Waals surface area contributed by atoms with Crippen molar-refractivity contribution in [1.29, 1.82) is 0 Å². The van der Waals surface area contributed by atoms with Crippen LogP contribution in [0.25, 0.3) is 22.4 Å². The molecule has 0 fully saturated rings. The van der Waals surface area contributed by atoms with Crippen molar-refractivity contribution < 1.29 is 9.26 Å². The third kappa shape index (κ3) is 3.80. The van der Waals surface area contributed by atoms with Crippen LogP contribution in [0.15, 0.2) is 40.9 Å². The molecule has 3 heterocycles. The van der Waals surface area contributed by atoms with Crippen molar-refractivity contribution in [3.63, 3.8) is 0 Å². The van der Waals surface area contributed by atoms with Crippen molar-refractivity contribution >= 4 is 34.7 Å². The van der Waals surface area contributed by atoms with Gasteiger partial charge in [-0.15, -0.1) is 0 Å². The summed E-state index contributed by atoms with van der Waals surface area (Å²) in [6, 6.07) is 12.0. The van der Waals surface area contributed by atoms with Crippen LogP contribution in [0.1, 0.15) is 37.6 Å². The molecule has 0 spiro atoms. The minimum atomic E-state index is 0.159. The highest BCUT2D eigenvalue weighted by Gasteiger charge is 2.17. The van der Waals surface area contributed by atoms with Gasteiger partial charge in [0, 0.05) is 11.1 Å². The van der Waals surface area contributed by atoms with Gasteiger partial charge in [0.15, 0.2) is 5.82 Å². The maximum Gasteiger partial charge on any atom is 0.314 e. The number of halogens is 1. The second-order valence-corrected chi connectivity index (χ2v) is 7.71. The van der Waals surface area contributed by atoms with Gasteiger partial charge in [-0.2, -0.15) is 10.1 Å². The Kier molecular flexibility index (Phi) is 5.43. The number of ether oxygens (including phenoxy) is 1. The number of methoxy groups -OCH3 is 1. The molecule has 0 aliphatic carbocycles. The molecule has 0 aliphatic rings. The first-order valence-electron chi connectivity index (χ1n) is 9.38. The van der Waals surface area contributed by atoms with E-state index >= 15 is 0 Å². The van der Waals surface area contributed by atoms with E-state index in [4.69, 9.17) is 38.1 Å². The number of benzene rings is 1. The minimum Gasteiger partial charge on any atom is -0.495 e. The molecule has 1 aromatic carbocycles. The van der Waals surface area contributed by atoms with Gasteiger partial charge >= 0.3 is 4.84 Å². The molecule has 0 aliphatic heterocycles. The average molecular weight is 429 g/mol. The van der Waals surface area contributed by atoms with Crippen LogP contribution in [0.5, 0.6) is 5.75 Å². The molecule has 0 saturated carbocycles. The van der Waals surface area contributed by atoms with E-state index in [1.807, 2.05) is 30.3 Å². The van der Waals surface area contributed by atoms with Crippen molar-refractivity contribution in [1.82, 2.24) is 19.7 Å².